The Kier molecular flexibility index (Phi) is 2.78. The first kappa shape index (κ1) is 12.2. The average molecular weight is 282 g/mol. The summed E-state index contributed by atoms with van der Waals surface area (Å²) in [7, 11) is 0. The van der Waals surface area contributed by atoms with E-state index in [9.17, 15) is 10.5 Å². The molecule has 0 amide bonds. The highest BCUT2D eigenvalue weighted by Gasteiger charge is 2.30. The van der Waals surface area contributed by atoms with Crippen molar-refractivity contribution in [2.75, 3.05) is 0 Å². The van der Waals surface area contributed by atoms with Crippen molar-refractivity contribution >= 4 is 28.2 Å². The first-order valence-corrected chi connectivity index (χ1v) is 7.61. The average Bonchev–Trinajstić information content (AvgIpc) is 3.03. The van der Waals surface area contributed by atoms with Crippen LogP contribution in [0.15, 0.2) is 17.7 Å². The number of aryl methyl sites for hydroxylation is 2. The molecule has 2 nitrogen and oxygen atoms in total. The number of nitrogens with zero attached hydrogens (tertiary/aromatic N) is 2. The molecule has 1 aliphatic carbocycles. The number of allylic oxidation sites excluding steroid dienone is 1. The van der Waals surface area contributed by atoms with Crippen LogP contribution < -0.4 is 0 Å². The summed E-state index contributed by atoms with van der Waals surface area (Å²) in [6, 6.07) is 8.30. The third kappa shape index (κ3) is 1.65. The van der Waals surface area contributed by atoms with Gasteiger partial charge in [0.05, 0.1) is 9.75 Å². The van der Waals surface area contributed by atoms with Gasteiger partial charge in [0.1, 0.15) is 17.7 Å². The van der Waals surface area contributed by atoms with Gasteiger partial charge in [-0.05, 0) is 25.5 Å². The van der Waals surface area contributed by atoms with Gasteiger partial charge in [-0.3, -0.25) is 0 Å². The van der Waals surface area contributed by atoms with Crippen LogP contribution in [0.2, 0.25) is 0 Å². The first-order chi connectivity index (χ1) is 9.19. The zero-order valence-corrected chi connectivity index (χ0v) is 12.2. The summed E-state index contributed by atoms with van der Waals surface area (Å²) < 4.78 is 0. The smallest absolute Gasteiger partial charge is 0.138 e. The first-order valence-electron chi connectivity index (χ1n) is 5.98. The highest BCUT2D eigenvalue weighted by Crippen LogP contribution is 2.53. The number of rotatable bonds is 1. The summed E-state index contributed by atoms with van der Waals surface area (Å²) >= 11 is 3.52. The zero-order valence-electron chi connectivity index (χ0n) is 10.6. The van der Waals surface area contributed by atoms with Crippen LogP contribution in [-0.4, -0.2) is 0 Å². The van der Waals surface area contributed by atoms with Crippen LogP contribution >= 0.6 is 22.7 Å². The van der Waals surface area contributed by atoms with Crippen molar-refractivity contribution in [1.82, 2.24) is 0 Å². The van der Waals surface area contributed by atoms with E-state index in [0.717, 1.165) is 23.1 Å². The molecule has 0 bridgehead atoms. The standard InChI is InChI=1S/C15H10N2S2/c1-3-10-5-12-13(9(6-16)7-17)11-4-8(2)18-14(11)15(12)19-10/h4-5H,3H2,1-2H3. The number of hydrogen-bond donors (Lipinski definition) is 0. The number of thiophene rings is 2. The molecule has 0 saturated heterocycles. The molecule has 0 spiro atoms. The second-order valence-corrected chi connectivity index (χ2v) is 6.78. The lowest BCUT2D eigenvalue weighted by Gasteiger charge is -1.98. The number of hydrogen-bond acceptors (Lipinski definition) is 4. The molecule has 0 aromatic carbocycles. The summed E-state index contributed by atoms with van der Waals surface area (Å²) in [5.41, 5.74) is 3.18. The fourth-order valence-corrected chi connectivity index (χ4v) is 4.67. The topological polar surface area (TPSA) is 47.6 Å². The van der Waals surface area contributed by atoms with Crippen LogP contribution in [0.5, 0.6) is 0 Å². The van der Waals surface area contributed by atoms with Crippen molar-refractivity contribution in [3.8, 4) is 21.9 Å². The van der Waals surface area contributed by atoms with E-state index in [1.807, 2.05) is 12.1 Å². The van der Waals surface area contributed by atoms with Gasteiger partial charge in [0.15, 0.2) is 0 Å². The quantitative estimate of drug-likeness (QED) is 0.616. The molecule has 2 heterocycles. The highest BCUT2D eigenvalue weighted by molar-refractivity contribution is 7.23. The molecule has 0 N–H and O–H groups in total. The second kappa shape index (κ2) is 4.35. The van der Waals surface area contributed by atoms with Gasteiger partial charge in [-0.15, -0.1) is 22.7 Å². The number of nitriles is 2. The van der Waals surface area contributed by atoms with Crippen molar-refractivity contribution in [1.29, 1.82) is 10.5 Å². The van der Waals surface area contributed by atoms with Gasteiger partial charge in [-0.1, -0.05) is 6.92 Å². The molecule has 2 aromatic rings. The Bertz CT molecular complexity index is 775. The minimum absolute atomic E-state index is 0.221. The Hall–Kier alpha value is -1.88. The lowest BCUT2D eigenvalue weighted by atomic mass is 10.0. The monoisotopic (exact) mass is 282 g/mol. The lowest BCUT2D eigenvalue weighted by molar-refractivity contribution is 1.18. The maximum Gasteiger partial charge on any atom is 0.138 e. The van der Waals surface area contributed by atoms with E-state index in [2.05, 4.69) is 26.0 Å². The van der Waals surface area contributed by atoms with Gasteiger partial charge < -0.3 is 0 Å². The third-order valence-electron chi connectivity index (χ3n) is 3.21. The van der Waals surface area contributed by atoms with Crippen LogP contribution in [-0.2, 0) is 6.42 Å². The fourth-order valence-electron chi connectivity index (χ4n) is 2.39. The normalized spacial score (nSPS) is 11.7. The van der Waals surface area contributed by atoms with Gasteiger partial charge in [0.25, 0.3) is 0 Å². The van der Waals surface area contributed by atoms with Crippen LogP contribution in [0.4, 0.5) is 0 Å². The largest absolute Gasteiger partial charge is 0.192 e. The zero-order chi connectivity index (χ0) is 13.6. The molecule has 4 heteroatoms. The highest BCUT2D eigenvalue weighted by atomic mass is 32.1. The van der Waals surface area contributed by atoms with Crippen LogP contribution in [0, 0.1) is 29.6 Å². The molecule has 0 unspecified atom stereocenters. The Morgan fingerprint density at radius 3 is 2.37 bits per heavy atom. The second-order valence-electron chi connectivity index (χ2n) is 4.38. The van der Waals surface area contributed by atoms with Crippen molar-refractivity contribution < 1.29 is 0 Å². The van der Waals surface area contributed by atoms with Crippen molar-refractivity contribution in [3.63, 3.8) is 0 Å². The molecule has 0 atom stereocenters. The summed E-state index contributed by atoms with van der Waals surface area (Å²) in [5, 5.41) is 18.4. The van der Waals surface area contributed by atoms with Crippen molar-refractivity contribution in [2.24, 2.45) is 0 Å². The van der Waals surface area contributed by atoms with Crippen molar-refractivity contribution in [2.45, 2.75) is 20.3 Å². The Morgan fingerprint density at radius 2 is 1.74 bits per heavy atom. The molecule has 19 heavy (non-hydrogen) atoms. The molecule has 0 saturated carbocycles. The van der Waals surface area contributed by atoms with E-state index in [4.69, 9.17) is 0 Å². The minimum atomic E-state index is 0.221. The molecule has 0 radical (unpaired) electrons. The molecule has 2 aromatic heterocycles. The fraction of sp³-hybridized carbons (Fsp3) is 0.200. The Morgan fingerprint density at radius 1 is 1.11 bits per heavy atom. The van der Waals surface area contributed by atoms with Gasteiger partial charge in [0, 0.05) is 26.5 Å². The maximum atomic E-state index is 9.18. The van der Waals surface area contributed by atoms with Crippen LogP contribution in [0.1, 0.15) is 27.8 Å². The van der Waals surface area contributed by atoms with E-state index in [-0.39, 0.29) is 5.57 Å². The summed E-state index contributed by atoms with van der Waals surface area (Å²) in [6.07, 6.45) is 0.985. The van der Waals surface area contributed by atoms with Crippen LogP contribution in [0.3, 0.4) is 0 Å². The Labute approximate surface area is 119 Å². The third-order valence-corrected chi connectivity index (χ3v) is 5.70. The predicted octanol–water partition coefficient (Wildman–Crippen LogP) is 4.51. The van der Waals surface area contributed by atoms with Gasteiger partial charge in [0.2, 0.25) is 0 Å². The van der Waals surface area contributed by atoms with E-state index in [1.165, 1.54) is 19.5 Å². The van der Waals surface area contributed by atoms with E-state index >= 15 is 0 Å². The molecular formula is C15H10N2S2. The molecule has 1 aliphatic rings. The van der Waals surface area contributed by atoms with Gasteiger partial charge in [-0.25, -0.2) is 0 Å². The minimum Gasteiger partial charge on any atom is -0.192 e. The van der Waals surface area contributed by atoms with E-state index < -0.39 is 0 Å². The molecule has 0 fully saturated rings. The van der Waals surface area contributed by atoms with Gasteiger partial charge >= 0.3 is 0 Å². The Balaban J connectivity index is 2.39. The van der Waals surface area contributed by atoms with E-state index in [1.54, 1.807) is 22.7 Å². The summed E-state index contributed by atoms with van der Waals surface area (Å²) in [4.78, 5) is 4.96. The number of fused-ring (bicyclic) bond motifs is 3. The van der Waals surface area contributed by atoms with Gasteiger partial charge in [-0.2, -0.15) is 10.5 Å². The lowest BCUT2D eigenvalue weighted by Crippen LogP contribution is -1.85. The van der Waals surface area contributed by atoms with Crippen LogP contribution in [0.25, 0.3) is 15.3 Å². The molecule has 92 valence electrons. The maximum absolute atomic E-state index is 9.18. The molecule has 0 aliphatic heterocycles. The summed E-state index contributed by atoms with van der Waals surface area (Å²) in [5.74, 6) is 0. The molecule has 3 rings (SSSR count). The summed E-state index contributed by atoms with van der Waals surface area (Å²) in [6.45, 7) is 4.19. The SMILES string of the molecule is CCc1cc2c(s1)-c1sc(C)cc1C2=C(C#N)C#N. The van der Waals surface area contributed by atoms with Crippen molar-refractivity contribution in [3.05, 3.63) is 38.6 Å². The van der Waals surface area contributed by atoms with E-state index in [0.29, 0.717) is 0 Å². The predicted molar refractivity (Wildman–Crippen MR) is 79.0 cm³/mol. The molecular weight excluding hydrogens is 272 g/mol.